The number of hydrogen-bond donors (Lipinski definition) is 2. The van der Waals surface area contributed by atoms with E-state index < -0.39 is 29.3 Å². The Kier molecular flexibility index (Phi) is 5.54. The standard InChI is InChI=1S/C17H15N5O6S/c1-9-12-7-13(29-16(12)21(2)20-9)17(25)28-8-14(23)18-19-15(24)10-3-5-11(6-4-10)22(26)27/h3-7H,8H2,1-2H3,(H,18,23)(H,19,24). The van der Waals surface area contributed by atoms with E-state index >= 15 is 0 Å². The number of non-ortho nitro benzene ring substituents is 1. The van der Waals surface area contributed by atoms with Crippen LogP contribution < -0.4 is 10.9 Å². The Labute approximate surface area is 167 Å². The zero-order valence-corrected chi connectivity index (χ0v) is 16.1. The molecule has 2 N–H and O–H groups in total. The number of aromatic nitrogens is 2. The molecule has 0 aliphatic rings. The van der Waals surface area contributed by atoms with E-state index in [1.807, 2.05) is 6.92 Å². The van der Waals surface area contributed by atoms with Crippen molar-refractivity contribution in [2.45, 2.75) is 6.92 Å². The zero-order chi connectivity index (χ0) is 21.1. The molecule has 2 aromatic heterocycles. The van der Waals surface area contributed by atoms with E-state index in [0.717, 1.165) is 15.9 Å². The van der Waals surface area contributed by atoms with Crippen molar-refractivity contribution in [1.29, 1.82) is 0 Å². The fraction of sp³-hybridized carbons (Fsp3) is 0.176. The smallest absolute Gasteiger partial charge is 0.348 e. The Morgan fingerprint density at radius 3 is 2.55 bits per heavy atom. The maximum Gasteiger partial charge on any atom is 0.348 e. The molecule has 0 atom stereocenters. The Morgan fingerprint density at radius 1 is 1.24 bits per heavy atom. The van der Waals surface area contributed by atoms with Gasteiger partial charge in [0.1, 0.15) is 9.71 Å². The van der Waals surface area contributed by atoms with Crippen LogP contribution in [0.4, 0.5) is 5.69 Å². The minimum atomic E-state index is -0.743. The van der Waals surface area contributed by atoms with E-state index in [1.165, 1.54) is 35.6 Å². The lowest BCUT2D eigenvalue weighted by atomic mass is 10.2. The molecule has 11 nitrogen and oxygen atoms in total. The molecule has 150 valence electrons. The highest BCUT2D eigenvalue weighted by Crippen LogP contribution is 2.28. The Balaban J connectivity index is 1.50. The van der Waals surface area contributed by atoms with Crippen LogP contribution in [0, 0.1) is 17.0 Å². The number of hydrazine groups is 1. The summed E-state index contributed by atoms with van der Waals surface area (Å²) in [7, 11) is 1.77. The number of nitrogens with zero attached hydrogens (tertiary/aromatic N) is 3. The maximum absolute atomic E-state index is 12.1. The van der Waals surface area contributed by atoms with Crippen molar-refractivity contribution in [3.63, 3.8) is 0 Å². The molecule has 3 rings (SSSR count). The molecule has 0 fully saturated rings. The molecule has 0 spiro atoms. The molecule has 2 amide bonds. The molecule has 0 unspecified atom stereocenters. The number of hydrogen-bond acceptors (Lipinski definition) is 8. The van der Waals surface area contributed by atoms with E-state index in [0.29, 0.717) is 4.88 Å². The molecule has 0 bridgehead atoms. The summed E-state index contributed by atoms with van der Waals surface area (Å²) in [5.74, 6) is -2.08. The second-order valence-electron chi connectivity index (χ2n) is 5.92. The molecule has 0 saturated heterocycles. The molecule has 2 heterocycles. The van der Waals surface area contributed by atoms with Gasteiger partial charge in [-0.2, -0.15) is 5.10 Å². The van der Waals surface area contributed by atoms with Crippen molar-refractivity contribution in [1.82, 2.24) is 20.6 Å². The number of thiophene rings is 1. The molecule has 29 heavy (non-hydrogen) atoms. The van der Waals surface area contributed by atoms with Gasteiger partial charge in [0.2, 0.25) is 0 Å². The van der Waals surface area contributed by atoms with Gasteiger partial charge in [-0.1, -0.05) is 0 Å². The van der Waals surface area contributed by atoms with Crippen LogP contribution in [0.25, 0.3) is 10.2 Å². The van der Waals surface area contributed by atoms with Crippen molar-refractivity contribution in [2.24, 2.45) is 7.05 Å². The van der Waals surface area contributed by atoms with Crippen molar-refractivity contribution >= 4 is 45.0 Å². The predicted octanol–water partition coefficient (Wildman–Crippen LogP) is 1.47. The van der Waals surface area contributed by atoms with Gasteiger partial charge < -0.3 is 4.74 Å². The summed E-state index contributed by atoms with van der Waals surface area (Å²) in [6.07, 6.45) is 0. The fourth-order valence-corrected chi connectivity index (χ4v) is 3.49. The summed E-state index contributed by atoms with van der Waals surface area (Å²) < 4.78 is 6.61. The molecule has 1 aromatic carbocycles. The second kappa shape index (κ2) is 8.06. The fourth-order valence-electron chi connectivity index (χ4n) is 2.48. The summed E-state index contributed by atoms with van der Waals surface area (Å²) in [6.45, 7) is 1.23. The number of carbonyl (C=O) groups excluding carboxylic acids is 3. The number of amides is 2. The second-order valence-corrected chi connectivity index (χ2v) is 6.95. The number of rotatable bonds is 5. The molecule has 0 saturated carbocycles. The quantitative estimate of drug-likeness (QED) is 0.363. The Hall–Kier alpha value is -3.80. The van der Waals surface area contributed by atoms with Gasteiger partial charge >= 0.3 is 5.97 Å². The van der Waals surface area contributed by atoms with E-state index in [-0.39, 0.29) is 11.3 Å². The number of nitrogens with one attached hydrogen (secondary N) is 2. The lowest BCUT2D eigenvalue weighted by molar-refractivity contribution is -0.384. The average molecular weight is 417 g/mol. The third-order valence-electron chi connectivity index (χ3n) is 3.89. The van der Waals surface area contributed by atoms with Gasteiger partial charge in [0.05, 0.1) is 10.6 Å². The molecular weight excluding hydrogens is 402 g/mol. The van der Waals surface area contributed by atoms with E-state index in [1.54, 1.807) is 17.8 Å². The number of ether oxygens (including phenoxy) is 1. The normalized spacial score (nSPS) is 10.6. The Morgan fingerprint density at radius 2 is 1.93 bits per heavy atom. The van der Waals surface area contributed by atoms with Crippen LogP contribution in [-0.2, 0) is 16.6 Å². The van der Waals surface area contributed by atoms with Gasteiger partial charge in [0, 0.05) is 30.1 Å². The molecule has 0 aliphatic carbocycles. The van der Waals surface area contributed by atoms with E-state index in [9.17, 15) is 24.5 Å². The van der Waals surface area contributed by atoms with Crippen molar-refractivity contribution in [2.75, 3.05) is 6.61 Å². The number of benzene rings is 1. The first-order valence-electron chi connectivity index (χ1n) is 8.20. The third kappa shape index (κ3) is 4.38. The zero-order valence-electron chi connectivity index (χ0n) is 15.3. The molecule has 3 aromatic rings. The van der Waals surface area contributed by atoms with Crippen LogP contribution in [0.2, 0.25) is 0 Å². The number of nitro benzene ring substituents is 1. The van der Waals surface area contributed by atoms with Gasteiger partial charge in [0.25, 0.3) is 17.5 Å². The predicted molar refractivity (Wildman–Crippen MR) is 102 cm³/mol. The maximum atomic E-state index is 12.1. The lowest BCUT2D eigenvalue weighted by Crippen LogP contribution is -2.43. The van der Waals surface area contributed by atoms with Gasteiger partial charge in [0.15, 0.2) is 6.61 Å². The van der Waals surface area contributed by atoms with Gasteiger partial charge in [-0.3, -0.25) is 35.2 Å². The Bertz CT molecular complexity index is 1080. The first kappa shape index (κ1) is 19.9. The van der Waals surface area contributed by atoms with Crippen molar-refractivity contribution < 1.29 is 24.0 Å². The van der Waals surface area contributed by atoms with Crippen molar-refractivity contribution in [3.05, 3.63) is 56.6 Å². The van der Waals surface area contributed by atoms with Gasteiger partial charge in [-0.15, -0.1) is 11.3 Å². The largest absolute Gasteiger partial charge is 0.451 e. The monoisotopic (exact) mass is 417 g/mol. The third-order valence-corrected chi connectivity index (χ3v) is 5.07. The highest BCUT2D eigenvalue weighted by atomic mass is 32.1. The molecule has 12 heteroatoms. The van der Waals surface area contributed by atoms with Crippen LogP contribution in [0.3, 0.4) is 0 Å². The minimum Gasteiger partial charge on any atom is -0.451 e. The highest BCUT2D eigenvalue weighted by Gasteiger charge is 2.17. The summed E-state index contributed by atoms with van der Waals surface area (Å²) >= 11 is 1.20. The van der Waals surface area contributed by atoms with Crippen LogP contribution >= 0.6 is 11.3 Å². The molecule has 0 radical (unpaired) electrons. The number of carbonyl (C=O) groups is 3. The van der Waals surface area contributed by atoms with E-state index in [2.05, 4.69) is 16.0 Å². The summed E-state index contributed by atoms with van der Waals surface area (Å²) in [5.41, 5.74) is 4.97. The SMILES string of the molecule is Cc1nn(C)c2sc(C(=O)OCC(=O)NNC(=O)c3ccc([N+](=O)[O-])cc3)cc12. The first-order valence-corrected chi connectivity index (χ1v) is 9.02. The van der Waals surface area contributed by atoms with Crippen LogP contribution in [-0.4, -0.2) is 39.1 Å². The van der Waals surface area contributed by atoms with Gasteiger partial charge in [-0.05, 0) is 25.1 Å². The van der Waals surface area contributed by atoms with Crippen molar-refractivity contribution in [3.8, 4) is 0 Å². The minimum absolute atomic E-state index is 0.113. The van der Waals surface area contributed by atoms with E-state index in [4.69, 9.17) is 4.74 Å². The summed E-state index contributed by atoms with van der Waals surface area (Å²) in [6, 6.07) is 6.48. The van der Waals surface area contributed by atoms with Gasteiger partial charge in [-0.25, -0.2) is 4.79 Å². The first-order chi connectivity index (χ1) is 13.8. The molecular formula is C17H15N5O6S. The lowest BCUT2D eigenvalue weighted by Gasteiger charge is -2.07. The summed E-state index contributed by atoms with van der Waals surface area (Å²) in [4.78, 5) is 47.0. The number of aryl methyl sites for hydroxylation is 2. The number of nitro groups is 1. The summed E-state index contributed by atoms with van der Waals surface area (Å²) in [5, 5.41) is 15.7. The topological polar surface area (TPSA) is 145 Å². The van der Waals surface area contributed by atoms with Crippen LogP contribution in [0.5, 0.6) is 0 Å². The molecule has 0 aliphatic heterocycles. The average Bonchev–Trinajstić information content (AvgIpc) is 3.25. The highest BCUT2D eigenvalue weighted by molar-refractivity contribution is 7.20. The number of fused-ring (bicyclic) bond motifs is 1. The number of esters is 1. The van der Waals surface area contributed by atoms with Crippen LogP contribution in [0.15, 0.2) is 30.3 Å². The van der Waals surface area contributed by atoms with Crippen LogP contribution in [0.1, 0.15) is 25.7 Å².